The Morgan fingerprint density at radius 3 is 2.70 bits per heavy atom. The second-order valence-electron chi connectivity index (χ2n) is 5.12. The first kappa shape index (κ1) is 13.7. The molecule has 2 N–H and O–H groups in total. The standard InChI is InChI=1S/C16H11N3O3S/c1-8-2-4-10-13(6-8)23-16(17-10)15-18-14(19-22-15)9-3-5-11(20)12(21)7-9/h2-7,20-21H,1H3. The third-order valence-corrected chi connectivity index (χ3v) is 4.39. The van der Waals surface area contributed by atoms with E-state index >= 15 is 0 Å². The summed E-state index contributed by atoms with van der Waals surface area (Å²) in [6, 6.07) is 10.4. The summed E-state index contributed by atoms with van der Waals surface area (Å²) in [5.41, 5.74) is 2.60. The Hall–Kier alpha value is -2.93. The molecule has 0 aliphatic heterocycles. The van der Waals surface area contributed by atoms with Crippen molar-refractivity contribution in [3.05, 3.63) is 42.0 Å². The lowest BCUT2D eigenvalue weighted by Crippen LogP contribution is -1.81. The molecule has 0 unspecified atom stereocenters. The molecule has 0 fully saturated rings. The number of phenolic OH excluding ortho intramolecular Hbond substituents is 2. The first-order valence-corrected chi connectivity index (χ1v) is 7.65. The average molecular weight is 325 g/mol. The molecule has 0 bridgehead atoms. The highest BCUT2D eigenvalue weighted by Crippen LogP contribution is 2.33. The fraction of sp³-hybridized carbons (Fsp3) is 0.0625. The number of thiazole rings is 1. The molecule has 0 saturated carbocycles. The van der Waals surface area contributed by atoms with Crippen LogP contribution in [0.15, 0.2) is 40.9 Å². The molecule has 0 radical (unpaired) electrons. The summed E-state index contributed by atoms with van der Waals surface area (Å²) < 4.78 is 6.34. The van der Waals surface area contributed by atoms with E-state index in [0.29, 0.717) is 22.3 Å². The maximum atomic E-state index is 9.56. The molecule has 7 heteroatoms. The molecule has 0 atom stereocenters. The fourth-order valence-corrected chi connectivity index (χ4v) is 3.20. The number of nitrogens with zero attached hydrogens (tertiary/aromatic N) is 3. The molecule has 0 aliphatic carbocycles. The maximum absolute atomic E-state index is 9.56. The Bertz CT molecular complexity index is 1020. The van der Waals surface area contributed by atoms with Gasteiger partial charge < -0.3 is 14.7 Å². The zero-order valence-corrected chi connectivity index (χ0v) is 12.8. The molecular weight excluding hydrogens is 314 g/mol. The molecule has 4 rings (SSSR count). The summed E-state index contributed by atoms with van der Waals surface area (Å²) in [6.45, 7) is 2.03. The van der Waals surface area contributed by atoms with Crippen LogP contribution in [0.4, 0.5) is 0 Å². The molecule has 2 aromatic carbocycles. The van der Waals surface area contributed by atoms with Crippen LogP contribution in [0.2, 0.25) is 0 Å². The van der Waals surface area contributed by atoms with Gasteiger partial charge in [0.15, 0.2) is 16.5 Å². The average Bonchev–Trinajstić information content (AvgIpc) is 3.15. The van der Waals surface area contributed by atoms with E-state index in [2.05, 4.69) is 21.2 Å². The van der Waals surface area contributed by atoms with E-state index in [-0.39, 0.29) is 11.5 Å². The van der Waals surface area contributed by atoms with Crippen molar-refractivity contribution in [2.24, 2.45) is 0 Å². The van der Waals surface area contributed by atoms with Gasteiger partial charge in [0.2, 0.25) is 5.82 Å². The summed E-state index contributed by atoms with van der Waals surface area (Å²) >= 11 is 1.48. The van der Waals surface area contributed by atoms with Gasteiger partial charge in [-0.1, -0.05) is 11.2 Å². The zero-order valence-electron chi connectivity index (χ0n) is 12.0. The molecular formula is C16H11N3O3S. The quantitative estimate of drug-likeness (QED) is 0.546. The third-order valence-electron chi connectivity index (χ3n) is 3.39. The number of rotatable bonds is 2. The molecule has 6 nitrogen and oxygen atoms in total. The van der Waals surface area contributed by atoms with Crippen LogP contribution in [-0.4, -0.2) is 25.3 Å². The topological polar surface area (TPSA) is 92.3 Å². The number of phenols is 2. The van der Waals surface area contributed by atoms with E-state index < -0.39 is 0 Å². The third kappa shape index (κ3) is 2.40. The van der Waals surface area contributed by atoms with Crippen molar-refractivity contribution >= 4 is 21.6 Å². The van der Waals surface area contributed by atoms with Gasteiger partial charge >= 0.3 is 0 Å². The SMILES string of the molecule is Cc1ccc2nc(-c3nc(-c4ccc(O)c(O)c4)no3)sc2c1. The molecule has 0 saturated heterocycles. The van der Waals surface area contributed by atoms with Gasteiger partial charge in [-0.15, -0.1) is 11.3 Å². The zero-order chi connectivity index (χ0) is 16.0. The Balaban J connectivity index is 1.75. The summed E-state index contributed by atoms with van der Waals surface area (Å²) in [4.78, 5) is 8.81. The summed E-state index contributed by atoms with van der Waals surface area (Å²) in [7, 11) is 0. The maximum Gasteiger partial charge on any atom is 0.287 e. The van der Waals surface area contributed by atoms with Crippen molar-refractivity contribution in [3.8, 4) is 33.8 Å². The lowest BCUT2D eigenvalue weighted by Gasteiger charge is -1.98. The van der Waals surface area contributed by atoms with E-state index in [1.54, 1.807) is 6.07 Å². The Labute approximate surface area is 134 Å². The van der Waals surface area contributed by atoms with E-state index in [0.717, 1.165) is 10.2 Å². The van der Waals surface area contributed by atoms with E-state index in [4.69, 9.17) is 4.52 Å². The highest BCUT2D eigenvalue weighted by Gasteiger charge is 2.15. The lowest BCUT2D eigenvalue weighted by atomic mass is 10.2. The number of benzene rings is 2. The monoisotopic (exact) mass is 325 g/mol. The molecule has 0 amide bonds. The van der Waals surface area contributed by atoms with Gasteiger partial charge in [-0.3, -0.25) is 0 Å². The number of hydrogen-bond acceptors (Lipinski definition) is 7. The highest BCUT2D eigenvalue weighted by molar-refractivity contribution is 7.21. The van der Waals surface area contributed by atoms with Crippen LogP contribution in [0.3, 0.4) is 0 Å². The molecule has 2 heterocycles. The fourth-order valence-electron chi connectivity index (χ4n) is 2.21. The predicted molar refractivity (Wildman–Crippen MR) is 86.4 cm³/mol. The van der Waals surface area contributed by atoms with Gasteiger partial charge in [0.1, 0.15) is 0 Å². The van der Waals surface area contributed by atoms with Crippen molar-refractivity contribution < 1.29 is 14.7 Å². The van der Waals surface area contributed by atoms with Crippen LogP contribution in [0.25, 0.3) is 32.5 Å². The van der Waals surface area contributed by atoms with Gasteiger partial charge in [0, 0.05) is 5.56 Å². The lowest BCUT2D eigenvalue weighted by molar-refractivity contribution is 0.404. The molecule has 0 spiro atoms. The minimum Gasteiger partial charge on any atom is -0.504 e. The normalized spacial score (nSPS) is 11.2. The highest BCUT2D eigenvalue weighted by atomic mass is 32.1. The number of fused-ring (bicyclic) bond motifs is 1. The van der Waals surface area contributed by atoms with Crippen LogP contribution < -0.4 is 0 Å². The molecule has 0 aliphatic rings. The predicted octanol–water partition coefficient (Wildman–Crippen LogP) is 3.73. The summed E-state index contributed by atoms with van der Waals surface area (Å²) in [5.74, 6) is 0.223. The van der Waals surface area contributed by atoms with Crippen LogP contribution in [-0.2, 0) is 0 Å². The van der Waals surface area contributed by atoms with Gasteiger partial charge in [0.05, 0.1) is 10.2 Å². The van der Waals surface area contributed by atoms with Crippen molar-refractivity contribution in [2.75, 3.05) is 0 Å². The first-order valence-electron chi connectivity index (χ1n) is 6.84. The van der Waals surface area contributed by atoms with Crippen LogP contribution in [0.5, 0.6) is 11.5 Å². The first-order chi connectivity index (χ1) is 11.1. The second-order valence-corrected chi connectivity index (χ2v) is 6.15. The summed E-state index contributed by atoms with van der Waals surface area (Å²) in [6.07, 6.45) is 0. The van der Waals surface area contributed by atoms with Crippen molar-refractivity contribution in [3.63, 3.8) is 0 Å². The van der Waals surface area contributed by atoms with Crippen molar-refractivity contribution in [2.45, 2.75) is 6.92 Å². The van der Waals surface area contributed by atoms with Gasteiger partial charge in [0.25, 0.3) is 5.89 Å². The van der Waals surface area contributed by atoms with Gasteiger partial charge in [-0.2, -0.15) is 4.98 Å². The second kappa shape index (κ2) is 5.06. The number of aromatic hydroxyl groups is 2. The number of aromatic nitrogens is 3. The van der Waals surface area contributed by atoms with Crippen molar-refractivity contribution in [1.82, 2.24) is 15.1 Å². The Morgan fingerprint density at radius 1 is 1.00 bits per heavy atom. The van der Waals surface area contributed by atoms with Crippen LogP contribution in [0.1, 0.15) is 5.56 Å². The molecule has 23 heavy (non-hydrogen) atoms. The molecule has 114 valence electrons. The van der Waals surface area contributed by atoms with E-state index in [1.165, 1.54) is 29.0 Å². The van der Waals surface area contributed by atoms with Crippen molar-refractivity contribution in [1.29, 1.82) is 0 Å². The van der Waals surface area contributed by atoms with Crippen LogP contribution in [0, 0.1) is 6.92 Å². The number of aryl methyl sites for hydroxylation is 1. The molecule has 2 aromatic heterocycles. The van der Waals surface area contributed by atoms with E-state index in [1.807, 2.05) is 19.1 Å². The van der Waals surface area contributed by atoms with Gasteiger partial charge in [-0.25, -0.2) is 4.98 Å². The Morgan fingerprint density at radius 2 is 1.87 bits per heavy atom. The largest absolute Gasteiger partial charge is 0.504 e. The van der Waals surface area contributed by atoms with Crippen LogP contribution >= 0.6 is 11.3 Å². The van der Waals surface area contributed by atoms with E-state index in [9.17, 15) is 10.2 Å². The minimum absolute atomic E-state index is 0.195. The summed E-state index contributed by atoms with van der Waals surface area (Å²) in [5, 5.41) is 23.5. The smallest absolute Gasteiger partial charge is 0.287 e. The number of hydrogen-bond donors (Lipinski definition) is 2. The minimum atomic E-state index is -0.232. The molecule has 4 aromatic rings. The van der Waals surface area contributed by atoms with Gasteiger partial charge in [-0.05, 0) is 42.8 Å². The Kier molecular flexibility index (Phi) is 3.02.